The van der Waals surface area contributed by atoms with E-state index in [2.05, 4.69) is 45.1 Å². The molecule has 7 rings (SSSR count). The quantitative estimate of drug-likeness (QED) is 0.153. The molecule has 2 saturated heterocycles. The number of hydrogen-bond acceptors (Lipinski definition) is 9. The number of aliphatic hydroxyl groups excluding tert-OH is 1. The Labute approximate surface area is 298 Å². The van der Waals surface area contributed by atoms with Crippen molar-refractivity contribution in [3.8, 4) is 17.2 Å². The van der Waals surface area contributed by atoms with Gasteiger partial charge in [-0.15, -0.1) is 0 Å². The monoisotopic (exact) mass is 693 g/mol. The fourth-order valence-corrected chi connectivity index (χ4v) is 7.85. The van der Waals surface area contributed by atoms with Gasteiger partial charge in [0.2, 0.25) is 11.7 Å². The molecule has 0 aliphatic carbocycles. The third-order valence-electron chi connectivity index (χ3n) is 10.7. The van der Waals surface area contributed by atoms with Gasteiger partial charge in [-0.1, -0.05) is 42.5 Å². The fraction of sp³-hybridized carbons (Fsp3) is 0.400. The van der Waals surface area contributed by atoms with Gasteiger partial charge in [0.1, 0.15) is 18.1 Å². The van der Waals surface area contributed by atoms with E-state index in [0.717, 1.165) is 68.1 Å². The van der Waals surface area contributed by atoms with Crippen LogP contribution in [0.15, 0.2) is 83.3 Å². The number of ether oxygens (including phenoxy) is 3. The summed E-state index contributed by atoms with van der Waals surface area (Å²) in [6.45, 7) is 4.62. The SMILES string of the molecule is COc1cc(C(=O)N2CCC(CCN3CCC(N(Cc4ccc(CO)o4)c4nc5ccccc5[nH]4)CC3)(c3ccccc3)C2)cc(OC)c1OC. The van der Waals surface area contributed by atoms with Crippen LogP contribution in [0.3, 0.4) is 0 Å². The Kier molecular flexibility index (Phi) is 10.2. The maximum atomic E-state index is 14.0. The largest absolute Gasteiger partial charge is 0.493 e. The molecule has 2 N–H and O–H groups in total. The molecule has 51 heavy (non-hydrogen) atoms. The number of likely N-dealkylation sites (tertiary alicyclic amines) is 2. The van der Waals surface area contributed by atoms with E-state index in [1.807, 2.05) is 41.3 Å². The van der Waals surface area contributed by atoms with Crippen molar-refractivity contribution in [2.45, 2.75) is 50.3 Å². The normalized spacial score (nSPS) is 18.3. The van der Waals surface area contributed by atoms with Crippen molar-refractivity contribution in [3.05, 3.63) is 102 Å². The molecule has 3 aromatic carbocycles. The smallest absolute Gasteiger partial charge is 0.254 e. The Morgan fingerprint density at radius 2 is 1.65 bits per heavy atom. The van der Waals surface area contributed by atoms with Gasteiger partial charge >= 0.3 is 0 Å². The lowest BCUT2D eigenvalue weighted by atomic mass is 9.76. The number of amides is 1. The van der Waals surface area contributed by atoms with Gasteiger partial charge in [-0.05, 0) is 74.2 Å². The number of nitrogens with one attached hydrogen (secondary N) is 1. The van der Waals surface area contributed by atoms with E-state index in [0.29, 0.717) is 48.2 Å². The van der Waals surface area contributed by atoms with Gasteiger partial charge in [0.05, 0.1) is 38.9 Å². The molecule has 0 radical (unpaired) electrons. The van der Waals surface area contributed by atoms with Crippen LogP contribution in [-0.4, -0.2) is 90.9 Å². The molecule has 268 valence electrons. The second kappa shape index (κ2) is 15.1. The van der Waals surface area contributed by atoms with E-state index in [9.17, 15) is 9.90 Å². The highest BCUT2D eigenvalue weighted by Gasteiger charge is 2.42. The van der Waals surface area contributed by atoms with Crippen molar-refractivity contribution in [1.82, 2.24) is 19.8 Å². The van der Waals surface area contributed by atoms with Gasteiger partial charge in [0.15, 0.2) is 11.5 Å². The summed E-state index contributed by atoms with van der Waals surface area (Å²) in [6.07, 6.45) is 3.80. The first-order valence-corrected chi connectivity index (χ1v) is 17.7. The Bertz CT molecular complexity index is 1880. The minimum atomic E-state index is -0.154. The number of H-pyrrole nitrogens is 1. The van der Waals surface area contributed by atoms with Gasteiger partial charge in [0, 0.05) is 43.2 Å². The van der Waals surface area contributed by atoms with Crippen LogP contribution in [0.1, 0.15) is 53.1 Å². The van der Waals surface area contributed by atoms with Gasteiger partial charge in [-0.25, -0.2) is 4.98 Å². The maximum absolute atomic E-state index is 14.0. The molecule has 5 aromatic rings. The number of imidazole rings is 1. The number of aromatic amines is 1. The number of methoxy groups -OCH3 is 3. The van der Waals surface area contributed by atoms with E-state index in [1.54, 1.807) is 33.5 Å². The van der Waals surface area contributed by atoms with Crippen LogP contribution in [0.25, 0.3) is 11.0 Å². The highest BCUT2D eigenvalue weighted by atomic mass is 16.5. The van der Waals surface area contributed by atoms with Crippen molar-refractivity contribution in [1.29, 1.82) is 0 Å². The molecule has 2 aliphatic heterocycles. The second-order valence-corrected chi connectivity index (χ2v) is 13.6. The van der Waals surface area contributed by atoms with Crippen LogP contribution in [0.4, 0.5) is 5.95 Å². The highest BCUT2D eigenvalue weighted by Crippen LogP contribution is 2.42. The first-order chi connectivity index (χ1) is 24.9. The van der Waals surface area contributed by atoms with Crippen molar-refractivity contribution in [2.24, 2.45) is 0 Å². The predicted molar refractivity (Wildman–Crippen MR) is 196 cm³/mol. The van der Waals surface area contributed by atoms with E-state index in [-0.39, 0.29) is 24.0 Å². The molecule has 4 heterocycles. The van der Waals surface area contributed by atoms with Crippen molar-refractivity contribution in [2.75, 3.05) is 59.0 Å². The predicted octanol–water partition coefficient (Wildman–Crippen LogP) is 6.02. The van der Waals surface area contributed by atoms with Crippen LogP contribution in [-0.2, 0) is 18.6 Å². The number of aliphatic hydroxyl groups is 1. The molecule has 2 aliphatic rings. The molecule has 11 nitrogen and oxygen atoms in total. The number of rotatable bonds is 13. The zero-order valence-electron chi connectivity index (χ0n) is 29.6. The number of carbonyl (C=O) groups excluding carboxylic acids is 1. The lowest BCUT2D eigenvalue weighted by Gasteiger charge is -2.39. The second-order valence-electron chi connectivity index (χ2n) is 13.6. The first-order valence-electron chi connectivity index (χ1n) is 17.7. The average molecular weight is 694 g/mol. The van der Waals surface area contributed by atoms with Crippen molar-refractivity contribution in [3.63, 3.8) is 0 Å². The third kappa shape index (κ3) is 7.13. The number of hydrogen-bond donors (Lipinski definition) is 2. The number of aromatic nitrogens is 2. The lowest BCUT2D eigenvalue weighted by molar-refractivity contribution is 0.0779. The van der Waals surface area contributed by atoms with Crippen molar-refractivity contribution < 1.29 is 28.5 Å². The molecule has 0 spiro atoms. The lowest BCUT2D eigenvalue weighted by Crippen LogP contribution is -2.46. The van der Waals surface area contributed by atoms with Gasteiger partial charge in [0.25, 0.3) is 5.91 Å². The summed E-state index contributed by atoms with van der Waals surface area (Å²) in [5.74, 6) is 3.57. The van der Waals surface area contributed by atoms with Gasteiger partial charge in [-0.3, -0.25) is 4.79 Å². The Hall–Kier alpha value is -5.00. The summed E-state index contributed by atoms with van der Waals surface area (Å²) >= 11 is 0. The van der Waals surface area contributed by atoms with E-state index < -0.39 is 0 Å². The van der Waals surface area contributed by atoms with Gasteiger partial charge in [-0.2, -0.15) is 0 Å². The molecule has 11 heteroatoms. The number of para-hydroxylation sites is 2. The van der Waals surface area contributed by atoms with E-state index in [1.165, 1.54) is 5.56 Å². The van der Waals surface area contributed by atoms with Crippen molar-refractivity contribution >= 4 is 22.9 Å². The van der Waals surface area contributed by atoms with Crippen LogP contribution in [0.2, 0.25) is 0 Å². The number of piperidine rings is 1. The maximum Gasteiger partial charge on any atom is 0.254 e. The number of benzene rings is 3. The molecule has 0 bridgehead atoms. The molecule has 0 saturated carbocycles. The average Bonchev–Trinajstić information content (AvgIpc) is 3.95. The third-order valence-corrected chi connectivity index (χ3v) is 10.7. The molecule has 1 atom stereocenters. The zero-order valence-corrected chi connectivity index (χ0v) is 29.6. The summed E-state index contributed by atoms with van der Waals surface area (Å²) in [4.78, 5) is 29.3. The molecule has 1 unspecified atom stereocenters. The summed E-state index contributed by atoms with van der Waals surface area (Å²) in [5.41, 5.74) is 3.58. The summed E-state index contributed by atoms with van der Waals surface area (Å²) in [7, 11) is 4.69. The number of furan rings is 1. The minimum absolute atomic E-state index is 0.0405. The van der Waals surface area contributed by atoms with Crippen LogP contribution >= 0.6 is 0 Å². The molecular weight excluding hydrogens is 646 g/mol. The molecule has 2 fully saturated rings. The van der Waals surface area contributed by atoms with E-state index in [4.69, 9.17) is 23.6 Å². The fourth-order valence-electron chi connectivity index (χ4n) is 7.85. The highest BCUT2D eigenvalue weighted by molar-refractivity contribution is 5.96. The summed E-state index contributed by atoms with van der Waals surface area (Å²) in [6, 6.07) is 26.3. The van der Waals surface area contributed by atoms with E-state index >= 15 is 0 Å². The number of anilines is 1. The standard InChI is InChI=1S/C40H47N5O6/c1-48-35-23-28(24-36(49-2)37(35)50-3)38(47)44-22-18-40(27-44,29-9-5-4-6-10-29)17-21-43-19-15-30(16-20-43)45(25-31-13-14-32(26-46)51-31)39-41-33-11-7-8-12-34(33)42-39/h4-14,23-24,30,46H,15-22,25-27H2,1-3H3,(H,41,42). The Morgan fingerprint density at radius 3 is 2.31 bits per heavy atom. The Balaban J connectivity index is 1.05. The topological polar surface area (TPSA) is 117 Å². The first kappa shape index (κ1) is 34.4. The summed E-state index contributed by atoms with van der Waals surface area (Å²) < 4.78 is 22.5. The number of carbonyl (C=O) groups is 1. The zero-order chi connectivity index (χ0) is 35.4. The molecular formula is C40H47N5O6. The summed E-state index contributed by atoms with van der Waals surface area (Å²) in [5, 5.41) is 9.58. The molecule has 2 aromatic heterocycles. The van der Waals surface area contributed by atoms with Crippen LogP contribution in [0.5, 0.6) is 17.2 Å². The number of fused-ring (bicyclic) bond motifs is 1. The Morgan fingerprint density at radius 1 is 0.941 bits per heavy atom. The molecule has 1 amide bonds. The van der Waals surface area contributed by atoms with Crippen LogP contribution < -0.4 is 19.1 Å². The minimum Gasteiger partial charge on any atom is -0.493 e. The van der Waals surface area contributed by atoms with Gasteiger partial charge < -0.3 is 43.4 Å². The number of nitrogens with zero attached hydrogens (tertiary/aromatic N) is 4. The van der Waals surface area contributed by atoms with Crippen LogP contribution in [0, 0.1) is 0 Å².